The number of hydrogen-bond acceptors (Lipinski definition) is 4. The molecule has 3 rings (SSSR count). The number of carboxylic acids is 1. The second-order valence-electron chi connectivity index (χ2n) is 7.35. The second kappa shape index (κ2) is 11.0. The molecule has 3 aromatic rings. The highest BCUT2D eigenvalue weighted by Crippen LogP contribution is 2.29. The molecule has 3 N–H and O–H groups in total. The highest BCUT2D eigenvalue weighted by molar-refractivity contribution is 8.00. The lowest BCUT2D eigenvalue weighted by molar-refractivity contribution is -0.115. The average Bonchev–Trinajstić information content (AvgIpc) is 2.79. The van der Waals surface area contributed by atoms with Crippen LogP contribution in [-0.4, -0.2) is 28.1 Å². The van der Waals surface area contributed by atoms with Crippen molar-refractivity contribution >= 4 is 52.5 Å². The summed E-state index contributed by atoms with van der Waals surface area (Å²) < 4.78 is 0. The van der Waals surface area contributed by atoms with Gasteiger partial charge in [-0.25, -0.2) is 4.79 Å². The standard InChI is InChI=1S/C25H23ClN2O4S/c1-3-22(24(30)28-18-11-12-21(26)20(14-18)25(31)32)33-19-6-4-5-17(13-19)27-23(29)16-9-7-15(2)8-10-16/h4-14,22H,3H2,1-2H3,(H,27,29)(H,28,30)(H,31,32). The Balaban J connectivity index is 1.68. The van der Waals surface area contributed by atoms with Crippen LogP contribution in [-0.2, 0) is 4.79 Å². The molecule has 0 radical (unpaired) electrons. The maximum atomic E-state index is 12.8. The van der Waals surface area contributed by atoms with E-state index in [4.69, 9.17) is 11.6 Å². The SMILES string of the molecule is CCC(Sc1cccc(NC(=O)c2ccc(C)cc2)c1)C(=O)Nc1ccc(Cl)c(C(=O)O)c1. The minimum absolute atomic E-state index is 0.0767. The summed E-state index contributed by atoms with van der Waals surface area (Å²) in [7, 11) is 0. The molecule has 8 heteroatoms. The molecule has 0 saturated carbocycles. The first-order chi connectivity index (χ1) is 15.8. The predicted molar refractivity (Wildman–Crippen MR) is 133 cm³/mol. The van der Waals surface area contributed by atoms with Crippen LogP contribution in [0.25, 0.3) is 0 Å². The van der Waals surface area contributed by atoms with E-state index in [-0.39, 0.29) is 22.4 Å². The summed E-state index contributed by atoms with van der Waals surface area (Å²) in [5, 5.41) is 14.5. The van der Waals surface area contributed by atoms with Crippen molar-refractivity contribution in [2.45, 2.75) is 30.4 Å². The third-order valence-corrected chi connectivity index (χ3v) is 6.50. The Hall–Kier alpha value is -3.29. The van der Waals surface area contributed by atoms with E-state index in [1.165, 1.54) is 23.9 Å². The molecule has 1 unspecified atom stereocenters. The molecule has 0 aliphatic carbocycles. The molecule has 0 aliphatic rings. The lowest BCUT2D eigenvalue weighted by Crippen LogP contribution is -2.24. The Morgan fingerprint density at radius 3 is 2.33 bits per heavy atom. The van der Waals surface area contributed by atoms with Gasteiger partial charge in [0.15, 0.2) is 0 Å². The van der Waals surface area contributed by atoms with Gasteiger partial charge in [-0.15, -0.1) is 11.8 Å². The number of thioether (sulfide) groups is 1. The highest BCUT2D eigenvalue weighted by atomic mass is 35.5. The summed E-state index contributed by atoms with van der Waals surface area (Å²) in [5.74, 6) is -1.63. The predicted octanol–water partition coefficient (Wildman–Crippen LogP) is 6.11. The Morgan fingerprint density at radius 1 is 0.970 bits per heavy atom. The number of benzene rings is 3. The third kappa shape index (κ3) is 6.60. The Labute approximate surface area is 201 Å². The molecule has 3 aromatic carbocycles. The van der Waals surface area contributed by atoms with Crippen molar-refractivity contribution in [1.82, 2.24) is 0 Å². The largest absolute Gasteiger partial charge is 0.478 e. The maximum Gasteiger partial charge on any atom is 0.337 e. The summed E-state index contributed by atoms with van der Waals surface area (Å²) in [6, 6.07) is 18.9. The van der Waals surface area contributed by atoms with Gasteiger partial charge in [-0.05, 0) is 61.9 Å². The van der Waals surface area contributed by atoms with E-state index in [1.807, 2.05) is 44.2 Å². The first-order valence-corrected chi connectivity index (χ1v) is 11.5. The molecule has 0 spiro atoms. The maximum absolute atomic E-state index is 12.8. The number of aryl methyl sites for hydroxylation is 1. The molecular formula is C25H23ClN2O4S. The topological polar surface area (TPSA) is 95.5 Å². The molecule has 0 aliphatic heterocycles. The highest BCUT2D eigenvalue weighted by Gasteiger charge is 2.19. The number of carbonyl (C=O) groups excluding carboxylic acids is 2. The van der Waals surface area contributed by atoms with Gasteiger partial charge in [-0.2, -0.15) is 0 Å². The van der Waals surface area contributed by atoms with Crippen LogP contribution in [0, 0.1) is 6.92 Å². The summed E-state index contributed by atoms with van der Waals surface area (Å²) in [6.45, 7) is 3.85. The van der Waals surface area contributed by atoms with Gasteiger partial charge < -0.3 is 15.7 Å². The molecule has 0 saturated heterocycles. The van der Waals surface area contributed by atoms with Crippen molar-refractivity contribution in [2.24, 2.45) is 0 Å². The van der Waals surface area contributed by atoms with E-state index in [2.05, 4.69) is 10.6 Å². The van der Waals surface area contributed by atoms with Crippen LogP contribution in [0.15, 0.2) is 71.6 Å². The fraction of sp³-hybridized carbons (Fsp3) is 0.160. The van der Waals surface area contributed by atoms with Gasteiger partial charge in [0.1, 0.15) is 0 Å². The van der Waals surface area contributed by atoms with Crippen LogP contribution in [0.1, 0.15) is 39.6 Å². The van der Waals surface area contributed by atoms with E-state index in [1.54, 1.807) is 24.3 Å². The molecule has 6 nitrogen and oxygen atoms in total. The molecule has 170 valence electrons. The van der Waals surface area contributed by atoms with Crippen LogP contribution < -0.4 is 10.6 Å². The summed E-state index contributed by atoms with van der Waals surface area (Å²) in [5.41, 5.74) is 2.55. The number of rotatable bonds is 8. The number of carbonyl (C=O) groups is 3. The van der Waals surface area contributed by atoms with Crippen LogP contribution in [0.3, 0.4) is 0 Å². The first-order valence-electron chi connectivity index (χ1n) is 10.2. The van der Waals surface area contributed by atoms with Crippen molar-refractivity contribution in [2.75, 3.05) is 10.6 Å². The lowest BCUT2D eigenvalue weighted by Gasteiger charge is -2.16. The van der Waals surface area contributed by atoms with Crippen molar-refractivity contribution in [1.29, 1.82) is 0 Å². The number of aromatic carboxylic acids is 1. The van der Waals surface area contributed by atoms with Crippen molar-refractivity contribution in [3.05, 3.63) is 88.4 Å². The molecule has 33 heavy (non-hydrogen) atoms. The van der Waals surface area contributed by atoms with Gasteiger partial charge in [0.05, 0.1) is 15.8 Å². The molecule has 2 amide bonds. The molecule has 1 atom stereocenters. The minimum Gasteiger partial charge on any atom is -0.478 e. The second-order valence-corrected chi connectivity index (χ2v) is 9.04. The van der Waals surface area contributed by atoms with Crippen LogP contribution in [0.5, 0.6) is 0 Å². The molecule has 0 fully saturated rings. The summed E-state index contributed by atoms with van der Waals surface area (Å²) >= 11 is 7.26. The zero-order valence-electron chi connectivity index (χ0n) is 18.1. The van der Waals surface area contributed by atoms with Gasteiger partial charge in [0.2, 0.25) is 5.91 Å². The number of carboxylic acid groups (broad SMARTS) is 1. The normalized spacial score (nSPS) is 11.5. The molecule has 0 aromatic heterocycles. The van der Waals surface area contributed by atoms with Crippen molar-refractivity contribution in [3.8, 4) is 0 Å². The van der Waals surface area contributed by atoms with E-state index >= 15 is 0 Å². The van der Waals surface area contributed by atoms with Crippen molar-refractivity contribution in [3.63, 3.8) is 0 Å². The zero-order valence-corrected chi connectivity index (χ0v) is 19.7. The number of nitrogens with one attached hydrogen (secondary N) is 2. The van der Waals surface area contributed by atoms with Gasteiger partial charge in [0, 0.05) is 21.8 Å². The summed E-state index contributed by atoms with van der Waals surface area (Å²) in [4.78, 5) is 37.4. The number of halogens is 1. The quantitative estimate of drug-likeness (QED) is 0.337. The third-order valence-electron chi connectivity index (χ3n) is 4.81. The van der Waals surface area contributed by atoms with Crippen LogP contribution in [0.4, 0.5) is 11.4 Å². The van der Waals surface area contributed by atoms with Gasteiger partial charge in [-0.1, -0.05) is 42.3 Å². The van der Waals surface area contributed by atoms with Gasteiger partial charge >= 0.3 is 5.97 Å². The smallest absolute Gasteiger partial charge is 0.337 e. The number of amides is 2. The number of hydrogen-bond donors (Lipinski definition) is 3. The van der Waals surface area contributed by atoms with E-state index in [0.29, 0.717) is 23.4 Å². The fourth-order valence-electron chi connectivity index (χ4n) is 3.03. The van der Waals surface area contributed by atoms with Gasteiger partial charge in [0.25, 0.3) is 5.91 Å². The Bertz CT molecular complexity index is 1180. The van der Waals surface area contributed by atoms with Gasteiger partial charge in [-0.3, -0.25) is 9.59 Å². The molecule has 0 heterocycles. The van der Waals surface area contributed by atoms with Crippen molar-refractivity contribution < 1.29 is 19.5 Å². The lowest BCUT2D eigenvalue weighted by atomic mass is 10.1. The fourth-order valence-corrected chi connectivity index (χ4v) is 4.24. The Morgan fingerprint density at radius 2 is 1.67 bits per heavy atom. The van der Waals surface area contributed by atoms with E-state index in [0.717, 1.165) is 10.5 Å². The van der Waals surface area contributed by atoms with Crippen LogP contribution in [0.2, 0.25) is 5.02 Å². The number of anilines is 2. The Kier molecular flexibility index (Phi) is 8.14. The van der Waals surface area contributed by atoms with Crippen LogP contribution >= 0.6 is 23.4 Å². The average molecular weight is 483 g/mol. The molecular weight excluding hydrogens is 460 g/mol. The van der Waals surface area contributed by atoms with E-state index in [9.17, 15) is 19.5 Å². The monoisotopic (exact) mass is 482 g/mol. The molecule has 0 bridgehead atoms. The minimum atomic E-state index is -1.16. The summed E-state index contributed by atoms with van der Waals surface area (Å²) in [6.07, 6.45) is 0.551. The zero-order chi connectivity index (χ0) is 24.0. The van der Waals surface area contributed by atoms with E-state index < -0.39 is 11.2 Å². The first kappa shape index (κ1) is 24.4.